The van der Waals surface area contributed by atoms with Crippen LogP contribution in [0.3, 0.4) is 0 Å². The van der Waals surface area contributed by atoms with Crippen LogP contribution in [0.5, 0.6) is 0 Å². The van der Waals surface area contributed by atoms with Crippen LogP contribution < -0.4 is 5.69 Å². The van der Waals surface area contributed by atoms with Gasteiger partial charge in [0.25, 0.3) is 0 Å². The minimum absolute atomic E-state index is 0.0337. The van der Waals surface area contributed by atoms with E-state index < -0.39 is 0 Å². The molecule has 29 heavy (non-hydrogen) atoms. The molecule has 3 aromatic heterocycles. The highest BCUT2D eigenvalue weighted by molar-refractivity contribution is 5.76. The zero-order valence-corrected chi connectivity index (χ0v) is 17.8. The Morgan fingerprint density at radius 1 is 0.966 bits per heavy atom. The Morgan fingerprint density at radius 3 is 2.41 bits per heavy atom. The quantitative estimate of drug-likeness (QED) is 0.443. The lowest BCUT2D eigenvalue weighted by molar-refractivity contribution is 0.549. The van der Waals surface area contributed by atoms with Crippen molar-refractivity contribution in [3.63, 3.8) is 0 Å². The third-order valence-electron chi connectivity index (χ3n) is 5.60. The minimum atomic E-state index is 0.0337. The van der Waals surface area contributed by atoms with Gasteiger partial charge in [0.1, 0.15) is 5.65 Å². The van der Waals surface area contributed by atoms with Gasteiger partial charge in [0.05, 0.1) is 23.3 Å². The molecule has 152 valence electrons. The van der Waals surface area contributed by atoms with Gasteiger partial charge in [-0.05, 0) is 56.9 Å². The zero-order valence-electron chi connectivity index (χ0n) is 17.8. The molecule has 0 atom stereocenters. The van der Waals surface area contributed by atoms with E-state index in [0.717, 1.165) is 35.2 Å². The molecule has 4 aromatic rings. The summed E-state index contributed by atoms with van der Waals surface area (Å²) in [6.45, 7) is 9.13. The van der Waals surface area contributed by atoms with Gasteiger partial charge >= 0.3 is 5.69 Å². The summed E-state index contributed by atoms with van der Waals surface area (Å²) in [5.41, 5.74) is 5.14. The molecule has 0 aliphatic rings. The van der Waals surface area contributed by atoms with Crippen LogP contribution in [0.2, 0.25) is 0 Å². The van der Waals surface area contributed by atoms with Crippen LogP contribution in [0.15, 0.2) is 53.5 Å². The Morgan fingerprint density at radius 2 is 1.69 bits per heavy atom. The Labute approximate surface area is 171 Å². The first kappa shape index (κ1) is 19.5. The highest BCUT2D eigenvalue weighted by atomic mass is 16.1. The first-order valence-electron chi connectivity index (χ1n) is 10.6. The molecule has 0 radical (unpaired) electrons. The molecule has 0 N–H and O–H groups in total. The van der Waals surface area contributed by atoms with E-state index in [-0.39, 0.29) is 11.7 Å². The molecule has 0 saturated carbocycles. The number of pyridine rings is 1. The molecule has 4 rings (SSSR count). The van der Waals surface area contributed by atoms with E-state index in [2.05, 4.69) is 38.3 Å². The smallest absolute Gasteiger partial charge is 0.304 e. The molecule has 0 saturated heterocycles. The van der Waals surface area contributed by atoms with Crippen LogP contribution in [0.4, 0.5) is 0 Å². The first-order chi connectivity index (χ1) is 14.0. The monoisotopic (exact) mass is 390 g/mol. The van der Waals surface area contributed by atoms with Crippen molar-refractivity contribution in [1.82, 2.24) is 18.5 Å². The molecule has 0 aliphatic heterocycles. The summed E-state index contributed by atoms with van der Waals surface area (Å²) in [4.78, 5) is 18.2. The maximum absolute atomic E-state index is 13.3. The Bertz CT molecular complexity index is 1190. The van der Waals surface area contributed by atoms with E-state index in [1.807, 2.05) is 51.6 Å². The second-order valence-electron chi connectivity index (χ2n) is 8.54. The summed E-state index contributed by atoms with van der Waals surface area (Å²) >= 11 is 0. The van der Waals surface area contributed by atoms with E-state index in [1.165, 1.54) is 12.1 Å². The van der Waals surface area contributed by atoms with Gasteiger partial charge in [-0.2, -0.15) is 0 Å². The number of imidazole rings is 2. The van der Waals surface area contributed by atoms with Crippen molar-refractivity contribution in [2.75, 3.05) is 0 Å². The lowest BCUT2D eigenvalue weighted by Gasteiger charge is -2.08. The normalized spacial score (nSPS) is 12.1. The van der Waals surface area contributed by atoms with E-state index in [4.69, 9.17) is 4.98 Å². The van der Waals surface area contributed by atoms with Crippen LogP contribution in [-0.4, -0.2) is 18.5 Å². The highest BCUT2D eigenvalue weighted by Crippen LogP contribution is 2.21. The molecule has 0 fully saturated rings. The third kappa shape index (κ3) is 3.61. The fourth-order valence-corrected chi connectivity index (χ4v) is 4.20. The lowest BCUT2D eigenvalue weighted by atomic mass is 10.0. The average molecular weight is 391 g/mol. The Hall–Kier alpha value is -2.82. The molecule has 0 spiro atoms. The predicted octanol–water partition coefficient (Wildman–Crippen LogP) is 5.06. The van der Waals surface area contributed by atoms with Crippen LogP contribution in [0.1, 0.15) is 58.0 Å². The maximum Gasteiger partial charge on any atom is 0.329 e. The van der Waals surface area contributed by atoms with E-state index >= 15 is 0 Å². The molecule has 3 heterocycles. The number of aromatic nitrogens is 4. The molecule has 0 unspecified atom stereocenters. The third-order valence-corrected chi connectivity index (χ3v) is 5.60. The summed E-state index contributed by atoms with van der Waals surface area (Å²) in [6.07, 6.45) is 5.36. The van der Waals surface area contributed by atoms with Gasteiger partial charge < -0.3 is 4.40 Å². The van der Waals surface area contributed by atoms with Crippen LogP contribution in [0.25, 0.3) is 16.7 Å². The predicted molar refractivity (Wildman–Crippen MR) is 119 cm³/mol. The molecule has 0 bridgehead atoms. The minimum Gasteiger partial charge on any atom is -0.304 e. The van der Waals surface area contributed by atoms with Crippen molar-refractivity contribution in [3.8, 4) is 0 Å². The van der Waals surface area contributed by atoms with Gasteiger partial charge in [-0.15, -0.1) is 0 Å². The summed E-state index contributed by atoms with van der Waals surface area (Å²) in [6, 6.07) is 14.3. The Kier molecular flexibility index (Phi) is 5.31. The first-order valence-corrected chi connectivity index (χ1v) is 10.6. The van der Waals surface area contributed by atoms with Crippen molar-refractivity contribution < 1.29 is 0 Å². The van der Waals surface area contributed by atoms with Crippen LogP contribution in [-0.2, 0) is 13.0 Å². The number of aryl methyl sites for hydroxylation is 1. The molecule has 5 heteroatoms. The maximum atomic E-state index is 13.3. The second-order valence-corrected chi connectivity index (χ2v) is 8.54. The Balaban J connectivity index is 1.81. The number of para-hydroxylation sites is 2. The van der Waals surface area contributed by atoms with Crippen LogP contribution >= 0.6 is 0 Å². The number of nitrogens with zero attached hydrogens (tertiary/aromatic N) is 4. The summed E-state index contributed by atoms with van der Waals surface area (Å²) in [5.74, 6) is 0.685. The van der Waals surface area contributed by atoms with Crippen molar-refractivity contribution in [2.45, 2.75) is 59.5 Å². The van der Waals surface area contributed by atoms with Crippen molar-refractivity contribution >= 4 is 16.7 Å². The molecule has 1 aromatic carbocycles. The number of fused-ring (bicyclic) bond motifs is 2. The fraction of sp³-hybridized carbons (Fsp3) is 0.417. The molecule has 0 aliphatic carbocycles. The van der Waals surface area contributed by atoms with Gasteiger partial charge in [0.2, 0.25) is 0 Å². The summed E-state index contributed by atoms with van der Waals surface area (Å²) in [7, 11) is 0. The van der Waals surface area contributed by atoms with E-state index in [9.17, 15) is 4.79 Å². The van der Waals surface area contributed by atoms with Crippen molar-refractivity contribution in [1.29, 1.82) is 0 Å². The number of rotatable bonds is 7. The summed E-state index contributed by atoms with van der Waals surface area (Å²) in [5, 5.41) is 0. The number of benzene rings is 1. The second kappa shape index (κ2) is 7.90. The fourth-order valence-electron chi connectivity index (χ4n) is 4.20. The topological polar surface area (TPSA) is 44.2 Å². The van der Waals surface area contributed by atoms with Gasteiger partial charge in [-0.25, -0.2) is 9.78 Å². The average Bonchev–Trinajstić information content (AvgIpc) is 3.17. The van der Waals surface area contributed by atoms with E-state index in [1.54, 1.807) is 0 Å². The standard InChI is InChI=1S/C24H30N4O/c1-17(2)10-9-13-20-19(25-23-14-7-8-15-26(20)23)16-27-21-11-5-6-12-22(21)28(18(3)4)24(27)29/h5-8,11-12,14-15,17-18H,9-10,13,16H2,1-4H3. The SMILES string of the molecule is CC(C)CCCc1c(Cn2c(=O)n(C(C)C)c3ccccc32)nc2ccccn12. The zero-order chi connectivity index (χ0) is 20.5. The van der Waals surface area contributed by atoms with Gasteiger partial charge in [-0.3, -0.25) is 9.13 Å². The largest absolute Gasteiger partial charge is 0.329 e. The molecular formula is C24H30N4O. The number of hydrogen-bond acceptors (Lipinski definition) is 2. The van der Waals surface area contributed by atoms with Gasteiger partial charge in [0.15, 0.2) is 0 Å². The molecule has 5 nitrogen and oxygen atoms in total. The van der Waals surface area contributed by atoms with Gasteiger partial charge in [0, 0.05) is 17.9 Å². The molecule has 0 amide bonds. The highest BCUT2D eigenvalue weighted by Gasteiger charge is 2.18. The van der Waals surface area contributed by atoms with Crippen molar-refractivity contribution in [2.24, 2.45) is 5.92 Å². The number of hydrogen-bond donors (Lipinski definition) is 0. The summed E-state index contributed by atoms with van der Waals surface area (Å²) < 4.78 is 5.94. The van der Waals surface area contributed by atoms with E-state index in [0.29, 0.717) is 12.5 Å². The lowest BCUT2D eigenvalue weighted by Crippen LogP contribution is -2.26. The van der Waals surface area contributed by atoms with Crippen molar-refractivity contribution in [3.05, 3.63) is 70.5 Å². The molecular weight excluding hydrogens is 360 g/mol. The van der Waals surface area contributed by atoms with Crippen LogP contribution in [0, 0.1) is 5.92 Å². The van der Waals surface area contributed by atoms with Gasteiger partial charge in [-0.1, -0.05) is 38.5 Å².